The first kappa shape index (κ1) is 16.8. The molecule has 2 heterocycles. The Morgan fingerprint density at radius 2 is 2.00 bits per heavy atom. The number of rotatable bonds is 3. The highest BCUT2D eigenvalue weighted by Gasteiger charge is 2.38. The zero-order valence-corrected chi connectivity index (χ0v) is 15.6. The molecule has 0 radical (unpaired) electrons. The van der Waals surface area contributed by atoms with Gasteiger partial charge in [-0.05, 0) is 71.3 Å². The number of aliphatic imine (C=N–C) groups is 1. The van der Waals surface area contributed by atoms with E-state index in [-0.39, 0.29) is 5.92 Å². The van der Waals surface area contributed by atoms with Crippen molar-refractivity contribution >= 4 is 39.8 Å². The normalized spacial score (nSPS) is 20.7. The fourth-order valence-electron chi connectivity index (χ4n) is 3.32. The molecule has 3 rings (SSSR count). The number of aliphatic carboxylic acids is 1. The highest BCUT2D eigenvalue weighted by Crippen LogP contribution is 2.44. The molecule has 5 heteroatoms. The molecule has 0 spiro atoms. The standard InChI is InChI=1S/C19H17IN2O2/c1-11-16(14-6-4-8-21-10-14)18(13-5-3-7-15(20)9-13)17(19(23)24)12(2)22-11/h3-10,17-18H,1-2H3,(H,23,24). The zero-order chi connectivity index (χ0) is 17.3. The van der Waals surface area contributed by atoms with Gasteiger partial charge in [0, 0.05) is 33.3 Å². The fraction of sp³-hybridized carbons (Fsp3) is 0.211. The van der Waals surface area contributed by atoms with Gasteiger partial charge in [-0.2, -0.15) is 0 Å². The molecule has 1 aliphatic heterocycles. The third kappa shape index (κ3) is 3.13. The number of halogens is 1. The first-order chi connectivity index (χ1) is 11.5. The number of pyridine rings is 1. The van der Waals surface area contributed by atoms with Crippen LogP contribution >= 0.6 is 22.6 Å². The number of carboxylic acids is 1. The predicted molar refractivity (Wildman–Crippen MR) is 103 cm³/mol. The number of carbonyl (C=O) groups is 1. The quantitative estimate of drug-likeness (QED) is 0.733. The smallest absolute Gasteiger partial charge is 0.313 e. The summed E-state index contributed by atoms with van der Waals surface area (Å²) in [6.45, 7) is 3.73. The molecule has 0 bridgehead atoms. The fourth-order valence-corrected chi connectivity index (χ4v) is 3.89. The summed E-state index contributed by atoms with van der Waals surface area (Å²) in [5.41, 5.74) is 4.32. The summed E-state index contributed by atoms with van der Waals surface area (Å²) in [7, 11) is 0. The maximum Gasteiger partial charge on any atom is 0.313 e. The molecule has 1 aromatic heterocycles. The molecule has 0 amide bonds. The Morgan fingerprint density at radius 1 is 1.21 bits per heavy atom. The number of nitrogens with zero attached hydrogens (tertiary/aromatic N) is 2. The van der Waals surface area contributed by atoms with E-state index in [1.807, 2.05) is 43.3 Å². The van der Waals surface area contributed by atoms with Gasteiger partial charge in [0.1, 0.15) is 5.92 Å². The van der Waals surface area contributed by atoms with Gasteiger partial charge in [-0.25, -0.2) is 0 Å². The van der Waals surface area contributed by atoms with Crippen molar-refractivity contribution in [3.8, 4) is 0 Å². The van der Waals surface area contributed by atoms with E-state index in [2.05, 4.69) is 32.6 Å². The monoisotopic (exact) mass is 432 g/mol. The molecule has 122 valence electrons. The van der Waals surface area contributed by atoms with Crippen LogP contribution in [-0.2, 0) is 4.79 Å². The molecule has 1 aliphatic rings. The Balaban J connectivity index is 2.25. The van der Waals surface area contributed by atoms with Crippen LogP contribution in [0.4, 0.5) is 0 Å². The predicted octanol–water partition coefficient (Wildman–Crippen LogP) is 4.38. The third-order valence-corrected chi connectivity index (χ3v) is 4.95. The van der Waals surface area contributed by atoms with Gasteiger partial charge in [0.15, 0.2) is 0 Å². The van der Waals surface area contributed by atoms with Crippen LogP contribution in [0.15, 0.2) is 59.5 Å². The second-order valence-corrected chi connectivity index (χ2v) is 7.09. The lowest BCUT2D eigenvalue weighted by Gasteiger charge is -2.32. The van der Waals surface area contributed by atoms with Crippen LogP contribution in [-0.4, -0.2) is 21.8 Å². The Hall–Kier alpha value is -2.02. The van der Waals surface area contributed by atoms with E-state index in [0.717, 1.165) is 26.0 Å². The van der Waals surface area contributed by atoms with Crippen LogP contribution < -0.4 is 0 Å². The van der Waals surface area contributed by atoms with Gasteiger partial charge in [0.25, 0.3) is 0 Å². The van der Waals surface area contributed by atoms with E-state index >= 15 is 0 Å². The number of allylic oxidation sites excluding steroid dienone is 2. The summed E-state index contributed by atoms with van der Waals surface area (Å²) in [5, 5.41) is 9.84. The van der Waals surface area contributed by atoms with Crippen molar-refractivity contribution in [2.45, 2.75) is 19.8 Å². The molecule has 0 saturated heterocycles. The van der Waals surface area contributed by atoms with E-state index in [9.17, 15) is 9.90 Å². The molecular formula is C19H17IN2O2. The van der Waals surface area contributed by atoms with Gasteiger partial charge in [0.2, 0.25) is 0 Å². The maximum absolute atomic E-state index is 12.0. The van der Waals surface area contributed by atoms with E-state index in [1.54, 1.807) is 19.3 Å². The van der Waals surface area contributed by atoms with Crippen LogP contribution in [0.1, 0.15) is 30.9 Å². The minimum absolute atomic E-state index is 0.279. The molecule has 1 N–H and O–H groups in total. The lowest BCUT2D eigenvalue weighted by Crippen LogP contribution is -2.32. The van der Waals surface area contributed by atoms with E-state index in [0.29, 0.717) is 5.71 Å². The molecule has 0 aliphatic carbocycles. The highest BCUT2D eigenvalue weighted by atomic mass is 127. The Kier molecular flexibility index (Phi) is 4.80. The van der Waals surface area contributed by atoms with Crippen molar-refractivity contribution in [3.63, 3.8) is 0 Å². The van der Waals surface area contributed by atoms with Crippen LogP contribution in [0, 0.1) is 9.49 Å². The molecule has 24 heavy (non-hydrogen) atoms. The Morgan fingerprint density at radius 3 is 2.62 bits per heavy atom. The first-order valence-corrected chi connectivity index (χ1v) is 8.71. The van der Waals surface area contributed by atoms with Crippen LogP contribution in [0.25, 0.3) is 5.57 Å². The van der Waals surface area contributed by atoms with Crippen molar-refractivity contribution < 1.29 is 9.90 Å². The zero-order valence-electron chi connectivity index (χ0n) is 13.4. The lowest BCUT2D eigenvalue weighted by molar-refractivity contribution is -0.139. The van der Waals surface area contributed by atoms with E-state index < -0.39 is 11.9 Å². The van der Waals surface area contributed by atoms with Crippen molar-refractivity contribution in [2.24, 2.45) is 10.9 Å². The Labute approximate surface area is 154 Å². The van der Waals surface area contributed by atoms with Gasteiger partial charge >= 0.3 is 5.97 Å². The van der Waals surface area contributed by atoms with Crippen molar-refractivity contribution in [1.82, 2.24) is 4.98 Å². The number of carboxylic acid groups (broad SMARTS) is 1. The van der Waals surface area contributed by atoms with E-state index in [4.69, 9.17) is 0 Å². The molecular weight excluding hydrogens is 415 g/mol. The van der Waals surface area contributed by atoms with Gasteiger partial charge in [-0.1, -0.05) is 18.2 Å². The summed E-state index contributed by atoms with van der Waals surface area (Å²) in [5.74, 6) is -1.81. The second kappa shape index (κ2) is 6.84. The summed E-state index contributed by atoms with van der Waals surface area (Å²) in [4.78, 5) is 20.7. The second-order valence-electron chi connectivity index (χ2n) is 5.84. The van der Waals surface area contributed by atoms with Gasteiger partial charge in [0.05, 0.1) is 0 Å². The number of benzene rings is 1. The molecule has 4 nitrogen and oxygen atoms in total. The van der Waals surface area contributed by atoms with Crippen LogP contribution in [0.2, 0.25) is 0 Å². The minimum atomic E-state index is -0.853. The third-order valence-electron chi connectivity index (χ3n) is 4.27. The van der Waals surface area contributed by atoms with Gasteiger partial charge in [-0.3, -0.25) is 14.8 Å². The van der Waals surface area contributed by atoms with Crippen LogP contribution in [0.3, 0.4) is 0 Å². The minimum Gasteiger partial charge on any atom is -0.481 e. The van der Waals surface area contributed by atoms with Crippen molar-refractivity contribution in [3.05, 3.63) is 69.2 Å². The van der Waals surface area contributed by atoms with Gasteiger partial charge in [-0.15, -0.1) is 0 Å². The lowest BCUT2D eigenvalue weighted by atomic mass is 9.74. The highest BCUT2D eigenvalue weighted by molar-refractivity contribution is 14.1. The maximum atomic E-state index is 12.0. The van der Waals surface area contributed by atoms with Crippen molar-refractivity contribution in [1.29, 1.82) is 0 Å². The average molecular weight is 432 g/mol. The largest absolute Gasteiger partial charge is 0.481 e. The van der Waals surface area contributed by atoms with Crippen LogP contribution in [0.5, 0.6) is 0 Å². The average Bonchev–Trinajstić information content (AvgIpc) is 2.54. The molecule has 2 unspecified atom stereocenters. The first-order valence-electron chi connectivity index (χ1n) is 7.63. The number of aromatic nitrogens is 1. The molecule has 2 aromatic rings. The Bertz CT molecular complexity index is 843. The number of hydrogen-bond donors (Lipinski definition) is 1. The molecule has 1 aromatic carbocycles. The SMILES string of the molecule is CC1=NC(C)=C(c2cccnc2)C(c2cccc(I)c2)C1C(=O)O. The summed E-state index contributed by atoms with van der Waals surface area (Å²) in [6, 6.07) is 11.8. The topological polar surface area (TPSA) is 62.5 Å². The summed E-state index contributed by atoms with van der Waals surface area (Å²) in [6.07, 6.45) is 3.49. The number of hydrogen-bond acceptors (Lipinski definition) is 3. The van der Waals surface area contributed by atoms with E-state index in [1.165, 1.54) is 0 Å². The molecule has 2 atom stereocenters. The summed E-state index contributed by atoms with van der Waals surface area (Å²) >= 11 is 2.25. The molecule has 0 fully saturated rings. The van der Waals surface area contributed by atoms with Gasteiger partial charge < -0.3 is 5.11 Å². The van der Waals surface area contributed by atoms with Crippen molar-refractivity contribution in [2.75, 3.05) is 0 Å². The summed E-state index contributed by atoms with van der Waals surface area (Å²) < 4.78 is 1.08. The molecule has 0 saturated carbocycles.